The largest absolute Gasteiger partial charge is 0.508 e. The fraction of sp³-hybridized carbons (Fsp3) is 0.417. The molecule has 4 nitrogen and oxygen atoms in total. The van der Waals surface area contributed by atoms with Gasteiger partial charge in [0.15, 0.2) is 0 Å². The number of nitrogens with one attached hydrogen (secondary N) is 1. The van der Waals surface area contributed by atoms with E-state index in [9.17, 15) is 9.90 Å². The fourth-order valence-corrected chi connectivity index (χ4v) is 1.09. The standard InChI is InChI=1S/C12H17NO3/c1-8-5-6-9(7-10(8)14)16-11(15)13-12(2,3)4/h5-7,14H,1-4H3,(H,13,15). The highest BCUT2D eigenvalue weighted by molar-refractivity contribution is 5.71. The van der Waals surface area contributed by atoms with Gasteiger partial charge in [-0.15, -0.1) is 0 Å². The van der Waals surface area contributed by atoms with Crippen molar-refractivity contribution in [2.24, 2.45) is 0 Å². The number of phenolic OH excluding ortho intramolecular Hbond substituents is 1. The van der Waals surface area contributed by atoms with E-state index >= 15 is 0 Å². The molecule has 0 saturated carbocycles. The Morgan fingerprint density at radius 3 is 2.50 bits per heavy atom. The van der Waals surface area contributed by atoms with Crippen LogP contribution in [-0.2, 0) is 0 Å². The summed E-state index contributed by atoms with van der Waals surface area (Å²) < 4.78 is 5.02. The molecular formula is C12H17NO3. The highest BCUT2D eigenvalue weighted by Crippen LogP contribution is 2.22. The van der Waals surface area contributed by atoms with E-state index in [1.807, 2.05) is 20.8 Å². The zero-order valence-electron chi connectivity index (χ0n) is 10.00. The minimum absolute atomic E-state index is 0.112. The first-order chi connectivity index (χ1) is 7.28. The lowest BCUT2D eigenvalue weighted by molar-refractivity contribution is 0.190. The molecule has 0 saturated heterocycles. The molecule has 0 radical (unpaired) electrons. The zero-order chi connectivity index (χ0) is 12.3. The van der Waals surface area contributed by atoms with Crippen LogP contribution in [0.3, 0.4) is 0 Å². The minimum atomic E-state index is -0.532. The minimum Gasteiger partial charge on any atom is -0.508 e. The van der Waals surface area contributed by atoms with Crippen molar-refractivity contribution in [1.29, 1.82) is 0 Å². The number of phenols is 1. The molecule has 0 spiro atoms. The maximum Gasteiger partial charge on any atom is 0.413 e. The SMILES string of the molecule is Cc1ccc(OC(=O)NC(C)(C)C)cc1O. The summed E-state index contributed by atoms with van der Waals surface area (Å²) in [6, 6.07) is 4.74. The van der Waals surface area contributed by atoms with Gasteiger partial charge < -0.3 is 15.2 Å². The molecule has 88 valence electrons. The normalized spacial score (nSPS) is 11.0. The van der Waals surface area contributed by atoms with Crippen LogP contribution in [0.15, 0.2) is 18.2 Å². The molecule has 0 bridgehead atoms. The van der Waals surface area contributed by atoms with Gasteiger partial charge in [-0.2, -0.15) is 0 Å². The molecular weight excluding hydrogens is 206 g/mol. The Morgan fingerprint density at radius 1 is 1.38 bits per heavy atom. The quantitative estimate of drug-likeness (QED) is 0.769. The summed E-state index contributed by atoms with van der Waals surface area (Å²) in [6.07, 6.45) is -0.532. The molecule has 0 aliphatic carbocycles. The van der Waals surface area contributed by atoms with E-state index in [1.165, 1.54) is 6.07 Å². The number of rotatable bonds is 1. The van der Waals surface area contributed by atoms with Gasteiger partial charge in [0.1, 0.15) is 11.5 Å². The van der Waals surface area contributed by atoms with Gasteiger partial charge >= 0.3 is 6.09 Å². The van der Waals surface area contributed by atoms with Crippen molar-refractivity contribution in [2.75, 3.05) is 0 Å². The van der Waals surface area contributed by atoms with Crippen LogP contribution < -0.4 is 10.1 Å². The average molecular weight is 223 g/mol. The lowest BCUT2D eigenvalue weighted by atomic mass is 10.1. The maximum absolute atomic E-state index is 11.4. The maximum atomic E-state index is 11.4. The van der Waals surface area contributed by atoms with Crippen LogP contribution in [0.1, 0.15) is 26.3 Å². The summed E-state index contributed by atoms with van der Waals surface area (Å²) in [5.74, 6) is 0.436. The number of amides is 1. The second-order valence-corrected chi connectivity index (χ2v) is 4.71. The van der Waals surface area contributed by atoms with Crippen LogP contribution in [0.2, 0.25) is 0 Å². The Hall–Kier alpha value is -1.71. The molecule has 4 heteroatoms. The van der Waals surface area contributed by atoms with E-state index < -0.39 is 6.09 Å². The second-order valence-electron chi connectivity index (χ2n) is 4.71. The van der Waals surface area contributed by atoms with Crippen molar-refractivity contribution in [3.8, 4) is 11.5 Å². The van der Waals surface area contributed by atoms with E-state index in [0.717, 1.165) is 5.56 Å². The third-order valence-corrected chi connectivity index (χ3v) is 1.87. The Balaban J connectivity index is 2.67. The van der Waals surface area contributed by atoms with E-state index in [1.54, 1.807) is 19.1 Å². The van der Waals surface area contributed by atoms with Crippen LogP contribution in [0.4, 0.5) is 4.79 Å². The molecule has 0 aliphatic rings. The number of benzene rings is 1. The lowest BCUT2D eigenvalue weighted by Gasteiger charge is -2.19. The Kier molecular flexibility index (Phi) is 3.42. The molecule has 0 heterocycles. The summed E-state index contributed by atoms with van der Waals surface area (Å²) in [5.41, 5.74) is 0.396. The molecule has 0 unspecified atom stereocenters. The monoisotopic (exact) mass is 223 g/mol. The topological polar surface area (TPSA) is 58.6 Å². The Bertz CT molecular complexity index is 394. The van der Waals surface area contributed by atoms with Gasteiger partial charge in [-0.3, -0.25) is 0 Å². The molecule has 1 rings (SSSR count). The van der Waals surface area contributed by atoms with Crippen molar-refractivity contribution >= 4 is 6.09 Å². The lowest BCUT2D eigenvalue weighted by Crippen LogP contribution is -2.42. The summed E-state index contributed by atoms with van der Waals surface area (Å²) in [5, 5.41) is 12.1. The van der Waals surface area contributed by atoms with Crippen LogP contribution in [-0.4, -0.2) is 16.7 Å². The molecule has 0 fully saturated rings. The van der Waals surface area contributed by atoms with Crippen molar-refractivity contribution in [3.63, 3.8) is 0 Å². The number of hydrogen-bond donors (Lipinski definition) is 2. The van der Waals surface area contributed by atoms with Gasteiger partial charge in [-0.25, -0.2) is 4.79 Å². The third kappa shape index (κ3) is 3.81. The smallest absolute Gasteiger partial charge is 0.413 e. The van der Waals surface area contributed by atoms with Gasteiger partial charge in [0.2, 0.25) is 0 Å². The zero-order valence-corrected chi connectivity index (χ0v) is 10.00. The molecule has 0 atom stereocenters. The molecule has 1 amide bonds. The van der Waals surface area contributed by atoms with Crippen molar-refractivity contribution in [3.05, 3.63) is 23.8 Å². The average Bonchev–Trinajstić information content (AvgIpc) is 2.08. The second kappa shape index (κ2) is 4.43. The van der Waals surface area contributed by atoms with Crippen molar-refractivity contribution in [1.82, 2.24) is 5.32 Å². The number of carbonyl (C=O) groups is 1. The van der Waals surface area contributed by atoms with Gasteiger partial charge in [-0.1, -0.05) is 6.07 Å². The molecule has 2 N–H and O–H groups in total. The summed E-state index contributed by atoms with van der Waals surface area (Å²) in [6.45, 7) is 7.36. The van der Waals surface area contributed by atoms with Crippen LogP contribution in [0.25, 0.3) is 0 Å². The number of aromatic hydroxyl groups is 1. The van der Waals surface area contributed by atoms with Gasteiger partial charge in [0, 0.05) is 11.6 Å². The molecule has 16 heavy (non-hydrogen) atoms. The Labute approximate surface area is 95.2 Å². The van der Waals surface area contributed by atoms with E-state index in [0.29, 0.717) is 5.75 Å². The van der Waals surface area contributed by atoms with Crippen LogP contribution in [0, 0.1) is 6.92 Å². The van der Waals surface area contributed by atoms with Gasteiger partial charge in [0.25, 0.3) is 0 Å². The predicted molar refractivity (Wildman–Crippen MR) is 61.8 cm³/mol. The van der Waals surface area contributed by atoms with Crippen LogP contribution >= 0.6 is 0 Å². The van der Waals surface area contributed by atoms with E-state index in [4.69, 9.17) is 4.74 Å². The number of hydrogen-bond acceptors (Lipinski definition) is 3. The highest BCUT2D eigenvalue weighted by Gasteiger charge is 2.15. The van der Waals surface area contributed by atoms with Crippen molar-refractivity contribution in [2.45, 2.75) is 33.2 Å². The number of ether oxygens (including phenoxy) is 1. The van der Waals surface area contributed by atoms with Crippen molar-refractivity contribution < 1.29 is 14.6 Å². The van der Waals surface area contributed by atoms with Gasteiger partial charge in [-0.05, 0) is 39.3 Å². The van der Waals surface area contributed by atoms with Crippen LogP contribution in [0.5, 0.6) is 11.5 Å². The molecule has 0 aromatic heterocycles. The molecule has 1 aromatic rings. The Morgan fingerprint density at radius 2 is 2.00 bits per heavy atom. The first kappa shape index (κ1) is 12.4. The van der Waals surface area contributed by atoms with E-state index in [-0.39, 0.29) is 11.3 Å². The molecule has 1 aromatic carbocycles. The number of carbonyl (C=O) groups excluding carboxylic acids is 1. The number of aryl methyl sites for hydroxylation is 1. The third-order valence-electron chi connectivity index (χ3n) is 1.87. The first-order valence-electron chi connectivity index (χ1n) is 5.07. The summed E-state index contributed by atoms with van der Waals surface area (Å²) >= 11 is 0. The summed E-state index contributed by atoms with van der Waals surface area (Å²) in [7, 11) is 0. The van der Waals surface area contributed by atoms with Gasteiger partial charge in [0.05, 0.1) is 0 Å². The fourth-order valence-electron chi connectivity index (χ4n) is 1.09. The molecule has 0 aliphatic heterocycles. The van der Waals surface area contributed by atoms with E-state index in [2.05, 4.69) is 5.32 Å². The predicted octanol–water partition coefficient (Wildman–Crippen LogP) is 2.59. The first-order valence-corrected chi connectivity index (χ1v) is 5.07. The highest BCUT2D eigenvalue weighted by atomic mass is 16.6. The summed E-state index contributed by atoms with van der Waals surface area (Å²) in [4.78, 5) is 11.4.